The molecule has 1 aliphatic heterocycles. The molecule has 0 aliphatic carbocycles. The minimum Gasteiger partial charge on any atom is -0.351 e. The average Bonchev–Trinajstić information content (AvgIpc) is 2.53. The summed E-state index contributed by atoms with van der Waals surface area (Å²) in [6.07, 6.45) is 2.08. The molecule has 0 spiro atoms. The van der Waals surface area contributed by atoms with Gasteiger partial charge in [-0.3, -0.25) is 4.90 Å². The number of primary amides is 1. The minimum absolute atomic E-state index is 0.469. The van der Waals surface area contributed by atoms with E-state index in [1.54, 1.807) is 4.90 Å². The molecule has 19 heavy (non-hydrogen) atoms. The topological polar surface area (TPSA) is 46.3 Å². The van der Waals surface area contributed by atoms with Crippen LogP contribution in [0.25, 0.3) is 11.6 Å². The third kappa shape index (κ3) is 1.80. The van der Waals surface area contributed by atoms with Crippen LogP contribution in [0.3, 0.4) is 0 Å². The van der Waals surface area contributed by atoms with E-state index in [2.05, 4.69) is 6.08 Å². The van der Waals surface area contributed by atoms with Gasteiger partial charge in [0.05, 0.1) is 11.4 Å². The molecule has 0 radical (unpaired) electrons. The predicted molar refractivity (Wildman–Crippen MR) is 78.2 cm³/mol. The number of anilines is 2. The molecule has 3 heteroatoms. The van der Waals surface area contributed by atoms with E-state index in [9.17, 15) is 4.79 Å². The molecule has 3 rings (SSSR count). The second-order valence-corrected chi connectivity index (χ2v) is 4.58. The number of carbonyl (C=O) groups excluding carboxylic acids is 1. The van der Waals surface area contributed by atoms with Gasteiger partial charge in [0, 0.05) is 5.56 Å². The lowest BCUT2D eigenvalue weighted by molar-refractivity contribution is 0.256. The van der Waals surface area contributed by atoms with Gasteiger partial charge in [-0.15, -0.1) is 0 Å². The van der Waals surface area contributed by atoms with E-state index >= 15 is 0 Å². The normalized spacial score (nSPS) is 13.1. The molecule has 2 aromatic carbocycles. The number of fused-ring (bicyclic) bond motifs is 2. The van der Waals surface area contributed by atoms with Gasteiger partial charge in [0.15, 0.2) is 0 Å². The van der Waals surface area contributed by atoms with E-state index in [1.807, 2.05) is 55.5 Å². The first-order valence-electron chi connectivity index (χ1n) is 6.15. The third-order valence-electron chi connectivity index (χ3n) is 3.34. The van der Waals surface area contributed by atoms with Gasteiger partial charge in [0.2, 0.25) is 0 Å². The summed E-state index contributed by atoms with van der Waals surface area (Å²) in [5.74, 6) is 0. The Hall–Kier alpha value is -2.55. The summed E-state index contributed by atoms with van der Waals surface area (Å²) in [7, 11) is 0. The van der Waals surface area contributed by atoms with Crippen LogP contribution in [0.15, 0.2) is 48.5 Å². The number of nitrogens with zero attached hydrogens (tertiary/aromatic N) is 1. The Balaban J connectivity index is 2.36. The number of benzene rings is 2. The van der Waals surface area contributed by atoms with Crippen LogP contribution < -0.4 is 10.6 Å². The number of amides is 2. The summed E-state index contributed by atoms with van der Waals surface area (Å²) in [4.78, 5) is 13.4. The monoisotopic (exact) mass is 250 g/mol. The van der Waals surface area contributed by atoms with Crippen LogP contribution >= 0.6 is 0 Å². The Kier molecular flexibility index (Phi) is 2.60. The number of hydrogen-bond donors (Lipinski definition) is 1. The molecule has 1 aliphatic rings. The molecule has 2 amide bonds. The molecule has 0 aromatic heterocycles. The van der Waals surface area contributed by atoms with E-state index in [0.29, 0.717) is 0 Å². The zero-order chi connectivity index (χ0) is 13.4. The van der Waals surface area contributed by atoms with Crippen molar-refractivity contribution in [3.63, 3.8) is 0 Å². The molecular weight excluding hydrogens is 236 g/mol. The molecule has 0 saturated heterocycles. The van der Waals surface area contributed by atoms with Crippen LogP contribution in [0.4, 0.5) is 16.2 Å². The van der Waals surface area contributed by atoms with Crippen LogP contribution in [0.5, 0.6) is 0 Å². The smallest absolute Gasteiger partial charge is 0.323 e. The molecule has 3 nitrogen and oxygen atoms in total. The Morgan fingerprint density at radius 1 is 1.00 bits per heavy atom. The van der Waals surface area contributed by atoms with E-state index in [-0.39, 0.29) is 0 Å². The fourth-order valence-corrected chi connectivity index (χ4v) is 2.49. The van der Waals surface area contributed by atoms with Gasteiger partial charge < -0.3 is 5.73 Å². The Morgan fingerprint density at radius 2 is 1.63 bits per heavy atom. The molecule has 1 heterocycles. The third-order valence-corrected chi connectivity index (χ3v) is 3.34. The summed E-state index contributed by atoms with van der Waals surface area (Å²) >= 11 is 0. The van der Waals surface area contributed by atoms with Gasteiger partial charge in [-0.05, 0) is 36.3 Å². The van der Waals surface area contributed by atoms with Crippen LogP contribution in [0.2, 0.25) is 0 Å². The van der Waals surface area contributed by atoms with Crippen molar-refractivity contribution in [1.82, 2.24) is 0 Å². The SMILES string of the molecule is CC1=Cc2ccccc2N(C(N)=O)c2ccccc21. The number of para-hydroxylation sites is 2. The summed E-state index contributed by atoms with van der Waals surface area (Å²) in [5, 5.41) is 0. The van der Waals surface area contributed by atoms with E-state index in [0.717, 1.165) is 28.1 Å². The molecule has 0 atom stereocenters. The van der Waals surface area contributed by atoms with Crippen molar-refractivity contribution in [2.75, 3.05) is 4.90 Å². The van der Waals surface area contributed by atoms with Crippen molar-refractivity contribution < 1.29 is 4.79 Å². The lowest BCUT2D eigenvalue weighted by Crippen LogP contribution is -2.32. The van der Waals surface area contributed by atoms with E-state index in [1.165, 1.54) is 0 Å². The van der Waals surface area contributed by atoms with Crippen molar-refractivity contribution in [3.8, 4) is 0 Å². The standard InChI is InChI=1S/C16H14N2O/c1-11-10-12-6-2-4-8-14(12)18(16(17)19)15-9-5-3-7-13(11)15/h2-10H,1H3,(H2,17,19). The first-order chi connectivity index (χ1) is 9.18. The predicted octanol–water partition coefficient (Wildman–Crippen LogP) is 3.78. The van der Waals surface area contributed by atoms with Gasteiger partial charge in [0.25, 0.3) is 0 Å². The van der Waals surface area contributed by atoms with Crippen LogP contribution in [0, 0.1) is 0 Å². The Morgan fingerprint density at radius 3 is 2.37 bits per heavy atom. The lowest BCUT2D eigenvalue weighted by Gasteiger charge is -2.22. The second-order valence-electron chi connectivity index (χ2n) is 4.58. The molecule has 0 bridgehead atoms. The van der Waals surface area contributed by atoms with E-state index < -0.39 is 6.03 Å². The van der Waals surface area contributed by atoms with Gasteiger partial charge in [0.1, 0.15) is 0 Å². The van der Waals surface area contributed by atoms with Crippen LogP contribution in [-0.2, 0) is 0 Å². The zero-order valence-electron chi connectivity index (χ0n) is 10.6. The molecular formula is C16H14N2O. The van der Waals surface area contributed by atoms with Gasteiger partial charge in [-0.2, -0.15) is 0 Å². The number of carbonyl (C=O) groups is 1. The first-order valence-corrected chi connectivity index (χ1v) is 6.15. The van der Waals surface area contributed by atoms with Crippen molar-refractivity contribution in [1.29, 1.82) is 0 Å². The summed E-state index contributed by atoms with van der Waals surface area (Å²) < 4.78 is 0. The van der Waals surface area contributed by atoms with Crippen molar-refractivity contribution >= 4 is 29.1 Å². The van der Waals surface area contributed by atoms with Gasteiger partial charge in [-0.1, -0.05) is 36.4 Å². The maximum absolute atomic E-state index is 11.9. The lowest BCUT2D eigenvalue weighted by atomic mass is 10.0. The molecule has 2 N–H and O–H groups in total. The molecule has 94 valence electrons. The minimum atomic E-state index is -0.469. The molecule has 2 aromatic rings. The number of allylic oxidation sites excluding steroid dienone is 1. The highest BCUT2D eigenvalue weighted by Crippen LogP contribution is 2.39. The molecule has 0 unspecified atom stereocenters. The highest BCUT2D eigenvalue weighted by Gasteiger charge is 2.23. The van der Waals surface area contributed by atoms with E-state index in [4.69, 9.17) is 5.73 Å². The number of hydrogen-bond acceptors (Lipinski definition) is 1. The van der Waals surface area contributed by atoms with Crippen molar-refractivity contribution in [3.05, 3.63) is 59.7 Å². The zero-order valence-corrected chi connectivity index (χ0v) is 10.6. The quantitative estimate of drug-likeness (QED) is 0.760. The highest BCUT2D eigenvalue weighted by molar-refractivity contribution is 6.06. The molecule has 0 fully saturated rings. The fraction of sp³-hybridized carbons (Fsp3) is 0.0625. The number of nitrogens with two attached hydrogens (primary N) is 1. The number of urea groups is 1. The largest absolute Gasteiger partial charge is 0.351 e. The Bertz CT molecular complexity index is 689. The Labute approximate surface area is 112 Å². The summed E-state index contributed by atoms with van der Waals surface area (Å²) in [6, 6.07) is 15.1. The van der Waals surface area contributed by atoms with Crippen LogP contribution in [-0.4, -0.2) is 6.03 Å². The number of rotatable bonds is 0. The van der Waals surface area contributed by atoms with Crippen molar-refractivity contribution in [2.24, 2.45) is 5.73 Å². The average molecular weight is 250 g/mol. The molecule has 0 saturated carbocycles. The summed E-state index contributed by atoms with van der Waals surface area (Å²) in [5.41, 5.74) is 10.4. The fourth-order valence-electron chi connectivity index (χ4n) is 2.49. The van der Waals surface area contributed by atoms with Crippen LogP contribution in [0.1, 0.15) is 18.1 Å². The van der Waals surface area contributed by atoms with Crippen molar-refractivity contribution in [2.45, 2.75) is 6.92 Å². The van der Waals surface area contributed by atoms with Gasteiger partial charge >= 0.3 is 6.03 Å². The maximum Gasteiger partial charge on any atom is 0.323 e. The second kappa shape index (κ2) is 4.28. The summed E-state index contributed by atoms with van der Waals surface area (Å²) in [6.45, 7) is 2.04. The highest BCUT2D eigenvalue weighted by atomic mass is 16.2. The maximum atomic E-state index is 11.9. The van der Waals surface area contributed by atoms with Gasteiger partial charge in [-0.25, -0.2) is 4.79 Å². The first kappa shape index (κ1) is 11.5.